The molecular formula is C25H27FN4O3. The van der Waals surface area contributed by atoms with Crippen LogP contribution in [0.3, 0.4) is 0 Å². The third-order valence-electron chi connectivity index (χ3n) is 7.09. The van der Waals surface area contributed by atoms with Gasteiger partial charge in [0.15, 0.2) is 5.75 Å². The average Bonchev–Trinajstić information content (AvgIpc) is 3.23. The summed E-state index contributed by atoms with van der Waals surface area (Å²) in [5.74, 6) is 1.06. The van der Waals surface area contributed by atoms with Crippen LogP contribution in [0.5, 0.6) is 11.6 Å². The van der Waals surface area contributed by atoms with Crippen molar-refractivity contribution in [2.24, 2.45) is 0 Å². The van der Waals surface area contributed by atoms with E-state index >= 15 is 0 Å². The average molecular weight is 451 g/mol. The Morgan fingerprint density at radius 1 is 1.15 bits per heavy atom. The summed E-state index contributed by atoms with van der Waals surface area (Å²) in [5, 5.41) is 4.55. The van der Waals surface area contributed by atoms with Crippen molar-refractivity contribution in [3.05, 3.63) is 64.3 Å². The van der Waals surface area contributed by atoms with E-state index in [1.54, 1.807) is 29.0 Å². The van der Waals surface area contributed by atoms with Gasteiger partial charge >= 0.3 is 0 Å². The van der Waals surface area contributed by atoms with E-state index < -0.39 is 0 Å². The molecule has 1 aromatic carbocycles. The van der Waals surface area contributed by atoms with Crippen LogP contribution in [0.2, 0.25) is 0 Å². The summed E-state index contributed by atoms with van der Waals surface area (Å²) in [4.78, 5) is 19.0. The number of hydrogen-bond donors (Lipinski definition) is 1. The Bertz CT molecular complexity index is 1240. The van der Waals surface area contributed by atoms with Crippen molar-refractivity contribution in [2.75, 3.05) is 32.8 Å². The Morgan fingerprint density at radius 2 is 2.00 bits per heavy atom. The number of nitrogens with one attached hydrogen (secondary N) is 1. The van der Waals surface area contributed by atoms with E-state index in [0.717, 1.165) is 49.9 Å². The molecule has 7 nitrogen and oxygen atoms in total. The molecule has 6 rings (SSSR count). The monoisotopic (exact) mass is 450 g/mol. The number of halogens is 1. The Kier molecular flexibility index (Phi) is 5.27. The highest BCUT2D eigenvalue weighted by Crippen LogP contribution is 2.35. The summed E-state index contributed by atoms with van der Waals surface area (Å²) in [7, 11) is 0. The molecule has 0 spiro atoms. The van der Waals surface area contributed by atoms with Crippen LogP contribution >= 0.6 is 0 Å². The molecule has 3 aromatic rings. The van der Waals surface area contributed by atoms with Crippen molar-refractivity contribution in [3.63, 3.8) is 0 Å². The van der Waals surface area contributed by atoms with Crippen molar-refractivity contribution in [3.8, 4) is 11.6 Å². The van der Waals surface area contributed by atoms with Gasteiger partial charge in [-0.2, -0.15) is 0 Å². The zero-order chi connectivity index (χ0) is 22.4. The molecule has 1 saturated heterocycles. The van der Waals surface area contributed by atoms with Gasteiger partial charge in [-0.3, -0.25) is 4.79 Å². The summed E-state index contributed by atoms with van der Waals surface area (Å²) in [6.07, 6.45) is 3.70. The lowest BCUT2D eigenvalue weighted by Crippen LogP contribution is -2.47. The molecule has 8 heteroatoms. The maximum atomic E-state index is 14.8. The first kappa shape index (κ1) is 20.6. The maximum Gasteiger partial charge on any atom is 0.257 e. The van der Waals surface area contributed by atoms with Crippen LogP contribution in [0, 0.1) is 5.82 Å². The normalized spacial score (nSPS) is 22.7. The van der Waals surface area contributed by atoms with Crippen molar-refractivity contribution in [1.82, 2.24) is 19.8 Å². The molecule has 0 amide bonds. The van der Waals surface area contributed by atoms with E-state index in [1.165, 1.54) is 6.07 Å². The van der Waals surface area contributed by atoms with Gasteiger partial charge in [-0.25, -0.2) is 9.37 Å². The Morgan fingerprint density at radius 3 is 2.88 bits per heavy atom. The van der Waals surface area contributed by atoms with Gasteiger partial charge in [0.25, 0.3) is 11.4 Å². The van der Waals surface area contributed by atoms with Crippen LogP contribution in [-0.4, -0.2) is 59.4 Å². The zero-order valence-corrected chi connectivity index (χ0v) is 18.4. The molecule has 2 aromatic heterocycles. The molecule has 2 atom stereocenters. The number of likely N-dealkylation sites (tertiary alicyclic amines) is 1. The minimum absolute atomic E-state index is 0.00802. The molecule has 172 valence electrons. The fraction of sp³-hybridized carbons (Fsp3) is 0.440. The second kappa shape index (κ2) is 8.43. The van der Waals surface area contributed by atoms with E-state index in [0.29, 0.717) is 36.4 Å². The van der Waals surface area contributed by atoms with E-state index in [1.807, 2.05) is 12.1 Å². The molecule has 5 heterocycles. The maximum absolute atomic E-state index is 14.8. The highest BCUT2D eigenvalue weighted by Gasteiger charge is 2.31. The second-order valence-electron chi connectivity index (χ2n) is 9.22. The SMILES string of the molecule is O=c1ccc2ccc(F)c3c2n1C[C@H]3CN1CCC(NC[C@H]2COc3cccnc3O2)CC1. The lowest BCUT2D eigenvalue weighted by Gasteiger charge is -2.35. The number of benzene rings is 1. The van der Waals surface area contributed by atoms with Crippen LogP contribution in [-0.2, 0) is 6.54 Å². The van der Waals surface area contributed by atoms with E-state index in [-0.39, 0.29) is 23.4 Å². The number of pyridine rings is 2. The first-order valence-electron chi connectivity index (χ1n) is 11.7. The minimum atomic E-state index is -0.202. The fourth-order valence-corrected chi connectivity index (χ4v) is 5.41. The first-order valence-corrected chi connectivity index (χ1v) is 11.7. The number of hydrogen-bond acceptors (Lipinski definition) is 6. The molecule has 0 aliphatic carbocycles. The Balaban J connectivity index is 1.04. The molecule has 0 radical (unpaired) electrons. The third-order valence-corrected chi connectivity index (χ3v) is 7.09. The van der Waals surface area contributed by atoms with Gasteiger partial charge in [-0.05, 0) is 61.6 Å². The highest BCUT2D eigenvalue weighted by atomic mass is 19.1. The molecular weight excluding hydrogens is 423 g/mol. The Labute approximate surface area is 191 Å². The molecule has 3 aliphatic heterocycles. The molecule has 0 unspecified atom stereocenters. The van der Waals surface area contributed by atoms with E-state index in [4.69, 9.17) is 9.47 Å². The predicted octanol–water partition coefficient (Wildman–Crippen LogP) is 2.53. The topological polar surface area (TPSA) is 68.6 Å². The van der Waals surface area contributed by atoms with Crippen molar-refractivity contribution in [1.29, 1.82) is 0 Å². The van der Waals surface area contributed by atoms with Crippen LogP contribution in [0.4, 0.5) is 4.39 Å². The molecule has 3 aliphatic rings. The van der Waals surface area contributed by atoms with E-state index in [9.17, 15) is 9.18 Å². The van der Waals surface area contributed by atoms with Crippen LogP contribution in [0.15, 0.2) is 47.4 Å². The van der Waals surface area contributed by atoms with Gasteiger partial charge < -0.3 is 24.3 Å². The van der Waals surface area contributed by atoms with Gasteiger partial charge in [-0.1, -0.05) is 0 Å². The lowest BCUT2D eigenvalue weighted by atomic mass is 9.97. The number of ether oxygens (including phenoxy) is 2. The number of fused-ring (bicyclic) bond motifs is 1. The second-order valence-corrected chi connectivity index (χ2v) is 9.22. The minimum Gasteiger partial charge on any atom is -0.484 e. The third kappa shape index (κ3) is 3.87. The zero-order valence-electron chi connectivity index (χ0n) is 18.4. The Hall–Kier alpha value is -2.97. The van der Waals surface area contributed by atoms with Crippen LogP contribution in [0.25, 0.3) is 10.9 Å². The lowest BCUT2D eigenvalue weighted by molar-refractivity contribution is 0.0788. The fourth-order valence-electron chi connectivity index (χ4n) is 5.41. The summed E-state index contributed by atoms with van der Waals surface area (Å²) in [5.41, 5.74) is 1.43. The van der Waals surface area contributed by atoms with Gasteiger partial charge in [0.2, 0.25) is 0 Å². The molecule has 0 bridgehead atoms. The van der Waals surface area contributed by atoms with Crippen molar-refractivity contribution < 1.29 is 13.9 Å². The van der Waals surface area contributed by atoms with Gasteiger partial charge in [0.1, 0.15) is 18.5 Å². The first-order chi connectivity index (χ1) is 16.2. The van der Waals surface area contributed by atoms with Crippen molar-refractivity contribution >= 4 is 10.9 Å². The molecule has 33 heavy (non-hydrogen) atoms. The van der Waals surface area contributed by atoms with Crippen LogP contribution in [0.1, 0.15) is 24.3 Å². The van der Waals surface area contributed by atoms with Gasteiger partial charge in [0.05, 0.1) is 5.52 Å². The summed E-state index contributed by atoms with van der Waals surface area (Å²) in [6, 6.07) is 10.8. The largest absolute Gasteiger partial charge is 0.484 e. The summed E-state index contributed by atoms with van der Waals surface area (Å²) >= 11 is 0. The van der Waals surface area contributed by atoms with E-state index in [2.05, 4.69) is 15.2 Å². The quantitative estimate of drug-likeness (QED) is 0.644. The predicted molar refractivity (Wildman–Crippen MR) is 123 cm³/mol. The standard InChI is InChI=1S/C25H27FN4O3/c26-20-5-3-16-4-6-22(31)30-14-17(23(20)24(16)30)13-29-10-7-18(8-11-29)28-12-19-15-32-21-2-1-9-27-25(21)33-19/h1-6,9,17-19,28H,7-8,10-15H2/t17-,19+/m1/s1. The number of aromatic nitrogens is 2. The summed E-state index contributed by atoms with van der Waals surface area (Å²) < 4.78 is 28.2. The molecule has 1 N–H and O–H groups in total. The molecule has 0 saturated carbocycles. The number of nitrogens with zero attached hydrogens (tertiary/aromatic N) is 3. The molecule has 1 fully saturated rings. The smallest absolute Gasteiger partial charge is 0.257 e. The van der Waals surface area contributed by atoms with Crippen LogP contribution < -0.4 is 20.3 Å². The number of piperidine rings is 1. The van der Waals surface area contributed by atoms with Crippen molar-refractivity contribution in [2.45, 2.75) is 37.5 Å². The van der Waals surface area contributed by atoms with Gasteiger partial charge in [-0.15, -0.1) is 0 Å². The van der Waals surface area contributed by atoms with Gasteiger partial charge in [0, 0.05) is 49.4 Å². The summed E-state index contributed by atoms with van der Waals surface area (Å²) in [6.45, 7) is 4.45. The highest BCUT2D eigenvalue weighted by molar-refractivity contribution is 5.84. The number of rotatable bonds is 5.